The van der Waals surface area contributed by atoms with Gasteiger partial charge in [-0.25, -0.2) is 4.98 Å². The largest absolute Gasteiger partial charge is 0.550 e. The van der Waals surface area contributed by atoms with E-state index in [0.29, 0.717) is 5.69 Å². The standard InChI is InChI=1S/C13H13BrN2O2/c1-16(2)12-6-9(7-13(17)18)15-11-4-3-8(14)5-10(11)12/h3-6H,7H2,1-2H3,(H,17,18). The molecule has 1 aromatic carbocycles. The Hall–Kier alpha value is -1.62. The van der Waals surface area contributed by atoms with Crippen LogP contribution in [0.3, 0.4) is 0 Å². The van der Waals surface area contributed by atoms with Crippen LogP contribution in [0.4, 0.5) is 5.69 Å². The monoisotopic (exact) mass is 308 g/mol. The van der Waals surface area contributed by atoms with Crippen molar-refractivity contribution in [1.29, 1.82) is 0 Å². The molecule has 1 heterocycles. The maximum Gasteiger partial charge on any atom is 0.213 e. The number of carboxylic acids is 1. The number of rotatable bonds is 3. The van der Waals surface area contributed by atoms with Crippen molar-refractivity contribution in [2.24, 2.45) is 0 Å². The number of hydrogen-bond acceptors (Lipinski definition) is 3. The number of nitrogens with one attached hydrogen (secondary N) is 1. The van der Waals surface area contributed by atoms with E-state index in [1.54, 1.807) is 0 Å². The SMILES string of the molecule is CN(C)c1cc(CC(=O)[O-])[nH+]c2ccc(Br)cc12. The molecule has 0 radical (unpaired) electrons. The molecule has 2 rings (SSSR count). The fourth-order valence-electron chi connectivity index (χ4n) is 1.91. The molecule has 0 fully saturated rings. The van der Waals surface area contributed by atoms with Gasteiger partial charge in [0.1, 0.15) is 0 Å². The van der Waals surface area contributed by atoms with E-state index in [4.69, 9.17) is 0 Å². The number of pyridine rings is 1. The van der Waals surface area contributed by atoms with E-state index in [9.17, 15) is 9.90 Å². The quantitative estimate of drug-likeness (QED) is 0.842. The maximum atomic E-state index is 10.7. The number of benzene rings is 1. The van der Waals surface area contributed by atoms with E-state index in [1.165, 1.54) is 0 Å². The van der Waals surface area contributed by atoms with Gasteiger partial charge in [0.2, 0.25) is 5.52 Å². The average Bonchev–Trinajstić information content (AvgIpc) is 2.27. The van der Waals surface area contributed by atoms with E-state index < -0.39 is 5.97 Å². The Labute approximate surface area is 113 Å². The Balaban J connectivity index is 2.66. The van der Waals surface area contributed by atoms with E-state index >= 15 is 0 Å². The normalized spacial score (nSPS) is 10.6. The summed E-state index contributed by atoms with van der Waals surface area (Å²) >= 11 is 3.44. The van der Waals surface area contributed by atoms with E-state index in [0.717, 1.165) is 21.1 Å². The Morgan fingerprint density at radius 1 is 1.39 bits per heavy atom. The summed E-state index contributed by atoms with van der Waals surface area (Å²) in [6, 6.07) is 7.68. The van der Waals surface area contributed by atoms with Crippen LogP contribution in [0.25, 0.3) is 10.9 Å². The first kappa shape index (κ1) is 12.8. The molecule has 0 saturated heterocycles. The third-order valence-electron chi connectivity index (χ3n) is 2.68. The summed E-state index contributed by atoms with van der Waals surface area (Å²) in [5.74, 6) is -1.09. The number of carbonyl (C=O) groups excluding carboxylic acids is 1. The molecule has 5 heteroatoms. The number of halogens is 1. The number of nitrogens with zero attached hydrogens (tertiary/aromatic N) is 1. The van der Waals surface area contributed by atoms with Gasteiger partial charge in [0.15, 0.2) is 5.69 Å². The summed E-state index contributed by atoms with van der Waals surface area (Å²) in [6.45, 7) is 0. The smallest absolute Gasteiger partial charge is 0.213 e. The topological polar surface area (TPSA) is 57.5 Å². The van der Waals surface area contributed by atoms with Crippen LogP contribution in [0.5, 0.6) is 0 Å². The first-order chi connectivity index (χ1) is 8.47. The molecule has 18 heavy (non-hydrogen) atoms. The summed E-state index contributed by atoms with van der Waals surface area (Å²) in [7, 11) is 3.86. The molecular formula is C13H13BrN2O2. The van der Waals surface area contributed by atoms with Crippen LogP contribution in [-0.4, -0.2) is 20.1 Å². The molecule has 0 aliphatic carbocycles. The Bertz CT molecular complexity index is 611. The fraction of sp³-hybridized carbons (Fsp3) is 0.231. The van der Waals surface area contributed by atoms with Crippen molar-refractivity contribution in [3.63, 3.8) is 0 Å². The molecule has 0 saturated carbocycles. The van der Waals surface area contributed by atoms with E-state index in [-0.39, 0.29) is 6.42 Å². The zero-order valence-corrected chi connectivity index (χ0v) is 11.7. The van der Waals surface area contributed by atoms with Crippen LogP contribution < -0.4 is 15.0 Å². The molecule has 4 nitrogen and oxygen atoms in total. The summed E-state index contributed by atoms with van der Waals surface area (Å²) in [5.41, 5.74) is 2.51. The van der Waals surface area contributed by atoms with Crippen LogP contribution in [0.15, 0.2) is 28.7 Å². The predicted molar refractivity (Wildman–Crippen MR) is 71.2 cm³/mol. The number of carbonyl (C=O) groups is 1. The lowest BCUT2D eigenvalue weighted by Crippen LogP contribution is -2.28. The van der Waals surface area contributed by atoms with E-state index in [1.807, 2.05) is 43.3 Å². The molecule has 0 amide bonds. The van der Waals surface area contributed by atoms with Crippen molar-refractivity contribution in [2.45, 2.75) is 6.42 Å². The van der Waals surface area contributed by atoms with Crippen molar-refractivity contribution in [3.05, 3.63) is 34.4 Å². The van der Waals surface area contributed by atoms with Crippen molar-refractivity contribution in [1.82, 2.24) is 0 Å². The molecule has 0 atom stereocenters. The number of aromatic nitrogens is 1. The van der Waals surface area contributed by atoms with Crippen LogP contribution in [0, 0.1) is 0 Å². The van der Waals surface area contributed by atoms with E-state index in [2.05, 4.69) is 20.9 Å². The zero-order chi connectivity index (χ0) is 13.3. The van der Waals surface area contributed by atoms with Gasteiger partial charge in [-0.3, -0.25) is 0 Å². The number of aliphatic carboxylic acids is 1. The van der Waals surface area contributed by atoms with Gasteiger partial charge in [-0.1, -0.05) is 15.9 Å². The summed E-state index contributed by atoms with van der Waals surface area (Å²) < 4.78 is 0.985. The number of aromatic amines is 1. The van der Waals surface area contributed by atoms with Gasteiger partial charge in [-0.05, 0) is 12.1 Å². The highest BCUT2D eigenvalue weighted by Gasteiger charge is 2.13. The van der Waals surface area contributed by atoms with Gasteiger partial charge in [0, 0.05) is 30.7 Å². The second kappa shape index (κ2) is 4.94. The lowest BCUT2D eigenvalue weighted by molar-refractivity contribution is -0.361. The highest BCUT2D eigenvalue weighted by atomic mass is 79.9. The molecule has 94 valence electrons. The predicted octanol–water partition coefficient (Wildman–Crippen LogP) is 0.775. The molecule has 0 unspecified atom stereocenters. The second-order valence-electron chi connectivity index (χ2n) is 4.31. The number of hydrogen-bond donors (Lipinski definition) is 0. The van der Waals surface area contributed by atoms with Gasteiger partial charge in [0.05, 0.1) is 23.5 Å². The first-order valence-corrected chi connectivity index (χ1v) is 6.28. The Kier molecular flexibility index (Phi) is 3.52. The lowest BCUT2D eigenvalue weighted by Gasteiger charge is -2.14. The first-order valence-electron chi connectivity index (χ1n) is 5.49. The fourth-order valence-corrected chi connectivity index (χ4v) is 2.27. The maximum absolute atomic E-state index is 10.7. The molecule has 0 bridgehead atoms. The Morgan fingerprint density at radius 2 is 2.11 bits per heavy atom. The molecule has 2 aromatic rings. The van der Waals surface area contributed by atoms with Crippen molar-refractivity contribution < 1.29 is 14.9 Å². The third-order valence-corrected chi connectivity index (χ3v) is 3.17. The molecule has 0 spiro atoms. The van der Waals surface area contributed by atoms with Gasteiger partial charge in [-0.2, -0.15) is 0 Å². The lowest BCUT2D eigenvalue weighted by atomic mass is 10.1. The third kappa shape index (κ3) is 2.61. The molecule has 0 aliphatic heterocycles. The van der Waals surface area contributed by atoms with Crippen LogP contribution in [-0.2, 0) is 11.2 Å². The van der Waals surface area contributed by atoms with Crippen LogP contribution >= 0.6 is 15.9 Å². The van der Waals surface area contributed by atoms with Crippen molar-refractivity contribution in [3.8, 4) is 0 Å². The van der Waals surface area contributed by atoms with Crippen LogP contribution in [0.2, 0.25) is 0 Å². The molecular weight excluding hydrogens is 296 g/mol. The second-order valence-corrected chi connectivity index (χ2v) is 5.23. The highest BCUT2D eigenvalue weighted by Crippen LogP contribution is 2.26. The minimum absolute atomic E-state index is 0.118. The minimum Gasteiger partial charge on any atom is -0.550 e. The van der Waals surface area contributed by atoms with Gasteiger partial charge >= 0.3 is 0 Å². The highest BCUT2D eigenvalue weighted by molar-refractivity contribution is 9.10. The number of carboxylic acid groups (broad SMARTS) is 1. The summed E-state index contributed by atoms with van der Waals surface area (Å²) in [6.07, 6.45) is -0.118. The summed E-state index contributed by atoms with van der Waals surface area (Å²) in [4.78, 5) is 15.8. The molecule has 1 N–H and O–H groups in total. The van der Waals surface area contributed by atoms with Crippen molar-refractivity contribution in [2.75, 3.05) is 19.0 Å². The number of anilines is 1. The molecule has 0 aliphatic rings. The van der Waals surface area contributed by atoms with Gasteiger partial charge < -0.3 is 14.8 Å². The molecule has 1 aromatic heterocycles. The van der Waals surface area contributed by atoms with Crippen LogP contribution in [0.1, 0.15) is 5.69 Å². The Morgan fingerprint density at radius 3 is 2.72 bits per heavy atom. The van der Waals surface area contributed by atoms with Gasteiger partial charge in [-0.15, -0.1) is 0 Å². The number of H-pyrrole nitrogens is 1. The van der Waals surface area contributed by atoms with Crippen molar-refractivity contribution >= 4 is 38.5 Å². The minimum atomic E-state index is -1.09. The van der Waals surface area contributed by atoms with Gasteiger partial charge in [0.25, 0.3) is 0 Å². The number of fused-ring (bicyclic) bond motifs is 1. The summed E-state index contributed by atoms with van der Waals surface area (Å²) in [5, 5.41) is 11.7. The average molecular weight is 309 g/mol. The zero-order valence-electron chi connectivity index (χ0n) is 10.2.